The molecule has 0 radical (unpaired) electrons. The molecule has 0 aliphatic rings. The van der Waals surface area contributed by atoms with Gasteiger partial charge in [0, 0.05) is 24.7 Å². The number of carbonyl (C=O) groups is 1. The quantitative estimate of drug-likeness (QED) is 0.838. The highest BCUT2D eigenvalue weighted by Crippen LogP contribution is 2.31. The summed E-state index contributed by atoms with van der Waals surface area (Å²) >= 11 is 11.9. The van der Waals surface area contributed by atoms with E-state index in [4.69, 9.17) is 28.3 Å². The Morgan fingerprint density at radius 3 is 2.55 bits per heavy atom. The Hall–Kier alpha value is -1.08. The number of hydrogen-bond donors (Lipinski definition) is 1. The van der Waals surface area contributed by atoms with Crippen molar-refractivity contribution < 1.29 is 18.3 Å². The molecule has 0 bridgehead atoms. The maximum absolute atomic E-state index is 12.3. The third kappa shape index (κ3) is 3.73. The van der Waals surface area contributed by atoms with Crippen LogP contribution in [0, 0.1) is 6.92 Å². The maximum Gasteiger partial charge on any atom is 0.328 e. The summed E-state index contributed by atoms with van der Waals surface area (Å²) in [4.78, 5) is 10.3. The van der Waals surface area contributed by atoms with Crippen LogP contribution in [0.25, 0.3) is 0 Å². The van der Waals surface area contributed by atoms with Crippen LogP contribution in [0.5, 0.6) is 0 Å². The molecule has 0 fully saturated rings. The highest BCUT2D eigenvalue weighted by molar-refractivity contribution is 7.89. The van der Waals surface area contributed by atoms with Crippen molar-refractivity contribution in [2.45, 2.75) is 11.8 Å². The molecule has 0 aliphatic heterocycles. The lowest BCUT2D eigenvalue weighted by atomic mass is 10.2. The van der Waals surface area contributed by atoms with E-state index in [-0.39, 0.29) is 16.5 Å². The molecular weight excluding hydrogens is 325 g/mol. The van der Waals surface area contributed by atoms with Crippen molar-refractivity contribution >= 4 is 39.2 Å². The molecule has 1 N–H and O–H groups in total. The molecule has 0 saturated carbocycles. The number of carboxylic acid groups (broad SMARTS) is 1. The molecule has 20 heavy (non-hydrogen) atoms. The van der Waals surface area contributed by atoms with Crippen LogP contribution in [0.3, 0.4) is 0 Å². The second-order valence-electron chi connectivity index (χ2n) is 4.01. The first-order valence-electron chi connectivity index (χ1n) is 5.48. The van der Waals surface area contributed by atoms with Gasteiger partial charge in [0.1, 0.15) is 4.90 Å². The van der Waals surface area contributed by atoms with E-state index in [0.29, 0.717) is 10.6 Å². The van der Waals surface area contributed by atoms with Gasteiger partial charge in [0.15, 0.2) is 0 Å². The summed E-state index contributed by atoms with van der Waals surface area (Å²) in [6, 6.07) is 2.78. The summed E-state index contributed by atoms with van der Waals surface area (Å²) in [6.45, 7) is 1.54. The number of hydrogen-bond acceptors (Lipinski definition) is 3. The van der Waals surface area contributed by atoms with Gasteiger partial charge in [-0.2, -0.15) is 4.31 Å². The second kappa shape index (κ2) is 6.58. The highest BCUT2D eigenvalue weighted by atomic mass is 35.5. The topological polar surface area (TPSA) is 74.7 Å². The zero-order chi connectivity index (χ0) is 15.5. The minimum absolute atomic E-state index is 0.0616. The monoisotopic (exact) mass is 337 g/mol. The second-order valence-corrected chi connectivity index (χ2v) is 6.81. The number of carboxylic acids is 1. The molecule has 0 heterocycles. The molecule has 0 atom stereocenters. The van der Waals surface area contributed by atoms with Gasteiger partial charge in [-0.15, -0.1) is 0 Å². The predicted molar refractivity (Wildman–Crippen MR) is 77.8 cm³/mol. The number of aliphatic carboxylic acids is 1. The van der Waals surface area contributed by atoms with Gasteiger partial charge in [0.05, 0.1) is 5.02 Å². The first kappa shape index (κ1) is 17.0. The fraction of sp³-hybridized carbons (Fsp3) is 0.250. The van der Waals surface area contributed by atoms with Crippen molar-refractivity contribution in [2.75, 3.05) is 13.6 Å². The maximum atomic E-state index is 12.3. The Morgan fingerprint density at radius 2 is 2.00 bits per heavy atom. The van der Waals surface area contributed by atoms with Crippen LogP contribution >= 0.6 is 23.2 Å². The Labute approximate surface area is 127 Å². The van der Waals surface area contributed by atoms with Gasteiger partial charge in [0.25, 0.3) is 0 Å². The van der Waals surface area contributed by atoms with Crippen LogP contribution in [-0.2, 0) is 14.8 Å². The van der Waals surface area contributed by atoms with Crippen molar-refractivity contribution in [1.82, 2.24) is 4.31 Å². The summed E-state index contributed by atoms with van der Waals surface area (Å²) in [5.41, 5.74) is 0.476. The zero-order valence-corrected chi connectivity index (χ0v) is 13.1. The van der Waals surface area contributed by atoms with E-state index >= 15 is 0 Å². The molecule has 0 amide bonds. The Balaban J connectivity index is 3.11. The number of benzene rings is 1. The largest absolute Gasteiger partial charge is 0.478 e. The van der Waals surface area contributed by atoms with Gasteiger partial charge in [-0.25, -0.2) is 13.2 Å². The van der Waals surface area contributed by atoms with E-state index in [0.717, 1.165) is 10.4 Å². The van der Waals surface area contributed by atoms with Crippen molar-refractivity contribution in [2.24, 2.45) is 0 Å². The van der Waals surface area contributed by atoms with Crippen molar-refractivity contribution in [3.05, 3.63) is 39.9 Å². The smallest absolute Gasteiger partial charge is 0.328 e. The molecule has 0 unspecified atom stereocenters. The summed E-state index contributed by atoms with van der Waals surface area (Å²) in [5, 5.41) is 8.91. The van der Waals surface area contributed by atoms with Crippen molar-refractivity contribution in [3.8, 4) is 0 Å². The lowest BCUT2D eigenvalue weighted by Gasteiger charge is -2.17. The lowest BCUT2D eigenvalue weighted by Crippen LogP contribution is -2.27. The van der Waals surface area contributed by atoms with Crippen LogP contribution in [0.15, 0.2) is 29.2 Å². The third-order valence-electron chi connectivity index (χ3n) is 2.60. The number of rotatable bonds is 5. The van der Waals surface area contributed by atoms with E-state index in [1.165, 1.54) is 25.3 Å². The lowest BCUT2D eigenvalue weighted by molar-refractivity contribution is -0.131. The summed E-state index contributed by atoms with van der Waals surface area (Å²) in [7, 11) is -2.47. The van der Waals surface area contributed by atoms with Crippen LogP contribution in [-0.4, -0.2) is 37.4 Å². The van der Waals surface area contributed by atoms with Gasteiger partial charge in [0.2, 0.25) is 10.0 Å². The number of sulfonamides is 1. The molecule has 110 valence electrons. The Morgan fingerprint density at radius 1 is 1.40 bits per heavy atom. The molecule has 8 heteroatoms. The molecule has 0 saturated heterocycles. The number of likely N-dealkylation sites (N-methyl/N-ethyl adjacent to an activating group) is 1. The van der Waals surface area contributed by atoms with E-state index in [2.05, 4.69) is 0 Å². The molecule has 1 rings (SSSR count). The average Bonchev–Trinajstić information content (AvgIpc) is 2.35. The van der Waals surface area contributed by atoms with Gasteiger partial charge in [-0.3, -0.25) is 0 Å². The minimum Gasteiger partial charge on any atom is -0.478 e. The Kier molecular flexibility index (Phi) is 5.59. The van der Waals surface area contributed by atoms with Gasteiger partial charge in [-0.1, -0.05) is 29.3 Å². The van der Waals surface area contributed by atoms with E-state index < -0.39 is 16.0 Å². The third-order valence-corrected chi connectivity index (χ3v) is 5.47. The molecule has 0 aliphatic carbocycles. The van der Waals surface area contributed by atoms with E-state index in [1.54, 1.807) is 6.92 Å². The first-order valence-corrected chi connectivity index (χ1v) is 7.68. The standard InChI is InChI=1S/C12H13Cl2NO4S/c1-8-9(13)5-6-10(12(8)14)20(18,19)15(2)7-3-4-11(16)17/h3-6H,7H2,1-2H3,(H,16,17)/b4-3+. The summed E-state index contributed by atoms with van der Waals surface area (Å²) < 4.78 is 25.6. The first-order chi connectivity index (χ1) is 9.17. The molecule has 0 spiro atoms. The highest BCUT2D eigenvalue weighted by Gasteiger charge is 2.24. The average molecular weight is 338 g/mol. The fourth-order valence-electron chi connectivity index (χ4n) is 1.40. The van der Waals surface area contributed by atoms with Gasteiger partial charge in [-0.05, 0) is 24.6 Å². The molecule has 1 aromatic rings. The van der Waals surface area contributed by atoms with Crippen molar-refractivity contribution in [1.29, 1.82) is 0 Å². The zero-order valence-electron chi connectivity index (χ0n) is 10.8. The van der Waals surface area contributed by atoms with Crippen LogP contribution < -0.4 is 0 Å². The van der Waals surface area contributed by atoms with Crippen LogP contribution in [0.4, 0.5) is 0 Å². The number of nitrogens with zero attached hydrogens (tertiary/aromatic N) is 1. The number of halogens is 2. The van der Waals surface area contributed by atoms with Gasteiger partial charge >= 0.3 is 5.97 Å². The molecule has 0 aromatic heterocycles. The Bertz CT molecular complexity index is 656. The van der Waals surface area contributed by atoms with Gasteiger partial charge < -0.3 is 5.11 Å². The van der Waals surface area contributed by atoms with E-state index in [1.807, 2.05) is 0 Å². The fourth-order valence-corrected chi connectivity index (χ4v) is 3.30. The molecule has 1 aromatic carbocycles. The summed E-state index contributed by atoms with van der Waals surface area (Å²) in [6.07, 6.45) is 2.11. The SMILES string of the molecule is Cc1c(Cl)ccc(S(=O)(=O)N(C)C/C=C/C(=O)O)c1Cl. The predicted octanol–water partition coefficient (Wildman–Crippen LogP) is 2.56. The summed E-state index contributed by atoms with van der Waals surface area (Å²) in [5.74, 6) is -1.14. The van der Waals surface area contributed by atoms with Crippen molar-refractivity contribution in [3.63, 3.8) is 0 Å². The van der Waals surface area contributed by atoms with E-state index in [9.17, 15) is 13.2 Å². The van der Waals surface area contributed by atoms with Crippen LogP contribution in [0.2, 0.25) is 10.0 Å². The molecule has 5 nitrogen and oxygen atoms in total. The molecular formula is C12H13Cl2NO4S. The normalized spacial score (nSPS) is 12.2. The minimum atomic E-state index is -3.81. The van der Waals surface area contributed by atoms with Crippen LogP contribution in [0.1, 0.15) is 5.56 Å².